The number of benzene rings is 1. The van der Waals surface area contributed by atoms with Crippen molar-refractivity contribution in [1.82, 2.24) is 131 Å². The number of rotatable bonds is 10. The van der Waals surface area contributed by atoms with Crippen molar-refractivity contribution >= 4 is 89.0 Å². The van der Waals surface area contributed by atoms with E-state index in [1.165, 1.54) is 11.1 Å². The van der Waals surface area contributed by atoms with Crippen molar-refractivity contribution in [2.75, 3.05) is 114 Å². The molecular formula is C104H108N30O5S. The minimum Gasteiger partial charge on any atom is -0.368 e. The molecule has 3 N–H and O–H groups in total. The molecule has 0 bridgehead atoms. The average molecular weight is 1890 g/mol. The second kappa shape index (κ2) is 38.6. The molecule has 19 aromatic heterocycles. The highest BCUT2D eigenvalue weighted by Crippen LogP contribution is 2.33. The lowest BCUT2D eigenvalue weighted by molar-refractivity contribution is 0.255. The fourth-order valence-corrected chi connectivity index (χ4v) is 20.2. The molecule has 0 saturated carbocycles. The van der Waals surface area contributed by atoms with Crippen molar-refractivity contribution in [2.24, 2.45) is 0 Å². The van der Waals surface area contributed by atoms with Crippen molar-refractivity contribution < 1.29 is 0 Å². The third kappa shape index (κ3) is 19.6. The molecule has 5 saturated heterocycles. The van der Waals surface area contributed by atoms with E-state index in [1.54, 1.807) is 95.8 Å². The molecule has 0 spiro atoms. The number of nitrogens with zero attached hydrogens (tertiary/aromatic N) is 27. The Morgan fingerprint density at radius 1 is 0.336 bits per heavy atom. The Bertz CT molecular complexity index is 8330. The van der Waals surface area contributed by atoms with E-state index in [4.69, 9.17) is 9.97 Å². The highest BCUT2D eigenvalue weighted by atomic mass is 32.1. The van der Waals surface area contributed by atoms with Crippen molar-refractivity contribution in [1.29, 1.82) is 0 Å². The van der Waals surface area contributed by atoms with Crippen LogP contribution in [0.1, 0.15) is 97.2 Å². The zero-order chi connectivity index (χ0) is 96.3. The van der Waals surface area contributed by atoms with Gasteiger partial charge < -0.3 is 44.9 Å². The normalized spacial score (nSPS) is 17.0. The maximum Gasteiger partial charge on any atom is 0.258 e. The average Bonchev–Trinajstić information content (AvgIpc) is 1.54. The molecule has 25 rings (SSSR count). The van der Waals surface area contributed by atoms with E-state index in [1.807, 2.05) is 192 Å². The molecule has 140 heavy (non-hydrogen) atoms. The van der Waals surface area contributed by atoms with Gasteiger partial charge in [-0.1, -0.05) is 18.2 Å². The molecular weight excluding hydrogens is 1780 g/mol. The van der Waals surface area contributed by atoms with Crippen LogP contribution in [0.4, 0.5) is 17.1 Å². The number of hydrogen-bond acceptors (Lipinski definition) is 27. The summed E-state index contributed by atoms with van der Waals surface area (Å²) in [6, 6.07) is 44.8. The lowest BCUT2D eigenvalue weighted by Crippen LogP contribution is -2.54. The molecule has 35 nitrogen and oxygen atoms in total. The summed E-state index contributed by atoms with van der Waals surface area (Å²) in [7, 11) is 4.29. The second-order valence-corrected chi connectivity index (χ2v) is 38.7. The molecule has 36 heteroatoms. The van der Waals surface area contributed by atoms with Gasteiger partial charge in [-0.3, -0.25) is 60.9 Å². The SMILES string of the molecule is Cc1cn2cc(-c3cc(=O)n4cc(C5CCNCC5)ccc4n3)ccc2n1.Cc1cn2nc(-c3cc(=O)n4cc(N5CCN(C)CC5)ccc4n3)cc2cn1.Cc1cn2nc(-c3cc(=O)n4cc(N5CCN[C@@H](C)C5)ccc4n3)cc2cn1.Cc1cn2nc(-c3cc(=O)n4cc(N5C[C@@H](C)N[C@@H](C)C5)ccc4n3)cc2cn1.Cc1nc2ccc(-c3cc(=O)n4cc(C5CCN(C)CC5)ccc4n3)cc2s1. The van der Waals surface area contributed by atoms with Gasteiger partial charge in [-0.25, -0.2) is 48.4 Å². The second-order valence-electron chi connectivity index (χ2n) is 37.5. The number of aromatic nitrogens is 22. The summed E-state index contributed by atoms with van der Waals surface area (Å²) in [5.41, 5.74) is 23.4. The summed E-state index contributed by atoms with van der Waals surface area (Å²) < 4.78 is 16.5. The Hall–Kier alpha value is -15.3. The molecule has 20 aromatic rings. The van der Waals surface area contributed by atoms with Gasteiger partial charge in [0.2, 0.25) is 0 Å². The minimum atomic E-state index is -0.116. The number of thiazole rings is 1. The zero-order valence-corrected chi connectivity index (χ0v) is 80.5. The van der Waals surface area contributed by atoms with E-state index in [-0.39, 0.29) is 27.8 Å². The van der Waals surface area contributed by atoms with Crippen LogP contribution in [0.5, 0.6) is 0 Å². The number of pyridine rings is 6. The summed E-state index contributed by atoms with van der Waals surface area (Å²) in [5.74, 6) is 1.03. The van der Waals surface area contributed by atoms with Crippen LogP contribution >= 0.6 is 11.3 Å². The topological polar surface area (TPSA) is 345 Å². The molecule has 3 atom stereocenters. The van der Waals surface area contributed by atoms with Crippen LogP contribution in [0.3, 0.4) is 0 Å². The Morgan fingerprint density at radius 2 is 0.750 bits per heavy atom. The molecule has 5 aliphatic rings. The van der Waals surface area contributed by atoms with Gasteiger partial charge in [-0.05, 0) is 235 Å². The zero-order valence-electron chi connectivity index (χ0n) is 79.7. The summed E-state index contributed by atoms with van der Waals surface area (Å²) in [5, 5.41) is 25.0. The Balaban J connectivity index is 0.000000104. The van der Waals surface area contributed by atoms with Crippen molar-refractivity contribution in [3.05, 3.63) is 311 Å². The Labute approximate surface area is 807 Å². The molecule has 0 amide bonds. The highest BCUT2D eigenvalue weighted by molar-refractivity contribution is 7.18. The van der Waals surface area contributed by atoms with Crippen molar-refractivity contribution in [3.8, 4) is 56.7 Å². The van der Waals surface area contributed by atoms with Crippen LogP contribution in [0.25, 0.3) is 117 Å². The molecule has 0 radical (unpaired) electrons. The van der Waals surface area contributed by atoms with E-state index in [9.17, 15) is 24.0 Å². The van der Waals surface area contributed by atoms with Gasteiger partial charge in [0.1, 0.15) is 51.0 Å². The Kier molecular flexibility index (Phi) is 25.1. The quantitative estimate of drug-likeness (QED) is 0.114. The number of likely N-dealkylation sites (tertiary alicyclic amines) is 1. The summed E-state index contributed by atoms with van der Waals surface area (Å²) in [6.45, 7) is 29.1. The number of hydrogen-bond donors (Lipinski definition) is 3. The third-order valence-electron chi connectivity index (χ3n) is 26.7. The predicted octanol–water partition coefficient (Wildman–Crippen LogP) is 11.7. The lowest BCUT2D eigenvalue weighted by Gasteiger charge is -2.37. The lowest BCUT2D eigenvalue weighted by atomic mass is 9.91. The summed E-state index contributed by atoms with van der Waals surface area (Å²) >= 11 is 1.66. The van der Waals surface area contributed by atoms with E-state index < -0.39 is 0 Å². The van der Waals surface area contributed by atoms with E-state index >= 15 is 0 Å². The largest absolute Gasteiger partial charge is 0.368 e. The number of imidazole rings is 1. The first kappa shape index (κ1) is 91.1. The maximum absolute atomic E-state index is 12.9. The maximum atomic E-state index is 12.9. The van der Waals surface area contributed by atoms with Gasteiger partial charge in [0.25, 0.3) is 27.8 Å². The standard InChI is InChI=1S/C22H22N4OS.C21H23N7O.C21H21N5O.2C20H21N7O/c1-14-23-18-5-3-16(11-20(18)28-14)19-12-22(27)26-13-17(4-6-21(26)24-19)15-7-9-25(2)10-8-15;1-13-11-28-17(8-22-13)6-19(25-28)18-7-21(29)27-12-16(4-5-20(27)24-18)26-9-14(2)23-15(3)10-26;1-14-11-25-12-17(3-4-19(25)23-14)18-10-21(27)26-13-16(2-5-20(26)24-18)15-6-8-22-9-7-15;1-14-12-27-16(11-21-14)9-18(23-27)17-10-20(28)26-13-15(3-4-19(26)22-17)25-7-5-24(2)6-8-25;1-13-10-25(6-5-21-13)15-3-4-19-23-17(8-20(28)26(19)12-15)18-7-16-9-22-14(2)11-27(16)24-18/h3-6,11-13,15H,7-10H2,1-2H3;4-8,11-12,14-15,23H,9-10H2,1-3H3;2-5,10-13,15,22H,6-9H2,1H3;3-4,9-13H,5-8H2,1-2H3;3-4,7-9,11-13,21H,5-6,10H2,1-2H3/t;14-,15+;;;13-/m....0/s1. The smallest absolute Gasteiger partial charge is 0.258 e. The first-order chi connectivity index (χ1) is 67.8. The first-order valence-corrected chi connectivity index (χ1v) is 48.4. The van der Waals surface area contributed by atoms with Gasteiger partial charge in [0, 0.05) is 162 Å². The van der Waals surface area contributed by atoms with Gasteiger partial charge in [0.05, 0.1) is 137 Å². The van der Waals surface area contributed by atoms with Crippen LogP contribution in [-0.4, -0.2) is 232 Å². The van der Waals surface area contributed by atoms with E-state index in [0.717, 1.165) is 199 Å². The number of fused-ring (bicyclic) bond motifs is 10. The fourth-order valence-electron chi connectivity index (χ4n) is 19.3. The molecule has 710 valence electrons. The summed E-state index contributed by atoms with van der Waals surface area (Å²) in [4.78, 5) is 121. The number of anilines is 3. The first-order valence-electron chi connectivity index (χ1n) is 47.6. The third-order valence-corrected chi connectivity index (χ3v) is 27.6. The van der Waals surface area contributed by atoms with Gasteiger partial charge in [0.15, 0.2) is 0 Å². The van der Waals surface area contributed by atoms with Crippen LogP contribution in [-0.2, 0) is 0 Å². The van der Waals surface area contributed by atoms with Crippen LogP contribution in [0.15, 0.2) is 244 Å². The number of nitrogens with one attached hydrogen (secondary N) is 3. The predicted molar refractivity (Wildman–Crippen MR) is 548 cm³/mol. The van der Waals surface area contributed by atoms with Crippen LogP contribution < -0.4 is 58.4 Å². The molecule has 0 unspecified atom stereocenters. The van der Waals surface area contributed by atoms with Gasteiger partial charge >= 0.3 is 0 Å². The van der Waals surface area contributed by atoms with Crippen LogP contribution in [0.2, 0.25) is 0 Å². The highest BCUT2D eigenvalue weighted by Gasteiger charge is 2.27. The van der Waals surface area contributed by atoms with Crippen molar-refractivity contribution in [3.63, 3.8) is 0 Å². The molecule has 0 aliphatic carbocycles. The van der Waals surface area contributed by atoms with E-state index in [2.05, 4.69) is 149 Å². The number of piperazine rings is 3. The summed E-state index contributed by atoms with van der Waals surface area (Å²) in [6.07, 6.45) is 28.9. The minimum absolute atomic E-state index is 0.0321. The van der Waals surface area contributed by atoms with Gasteiger partial charge in [-0.2, -0.15) is 15.3 Å². The van der Waals surface area contributed by atoms with Gasteiger partial charge in [-0.15, -0.1) is 11.3 Å². The van der Waals surface area contributed by atoms with E-state index in [0.29, 0.717) is 104 Å². The molecule has 5 fully saturated rings. The van der Waals surface area contributed by atoms with Crippen molar-refractivity contribution in [2.45, 2.75) is 111 Å². The number of likely N-dealkylation sites (N-methyl/N-ethyl adjacent to an activating group) is 1. The number of aryl methyl sites for hydroxylation is 5. The molecule has 5 aliphatic heterocycles. The molecule has 1 aromatic carbocycles. The monoisotopic (exact) mass is 1890 g/mol. The molecule has 24 heterocycles. The van der Waals surface area contributed by atoms with Crippen LogP contribution in [0, 0.1) is 34.6 Å². The Morgan fingerprint density at radius 3 is 1.24 bits per heavy atom. The fraction of sp³-hybridized carbons (Fsp3) is 0.308. The number of piperidine rings is 2.